The summed E-state index contributed by atoms with van der Waals surface area (Å²) in [6.45, 7) is 5.50. The number of amides is 1. The van der Waals surface area contributed by atoms with Gasteiger partial charge in [0.25, 0.3) is 5.91 Å². The second-order valence-electron chi connectivity index (χ2n) is 5.70. The summed E-state index contributed by atoms with van der Waals surface area (Å²) in [4.78, 5) is 35.8. The van der Waals surface area contributed by atoms with Crippen LogP contribution in [0.25, 0.3) is 0 Å². The van der Waals surface area contributed by atoms with Gasteiger partial charge < -0.3 is 19.1 Å². The van der Waals surface area contributed by atoms with Crippen LogP contribution in [0.2, 0.25) is 0 Å². The second kappa shape index (κ2) is 12.9. The third-order valence-corrected chi connectivity index (χ3v) is 3.96. The zero-order valence-electron chi connectivity index (χ0n) is 17.2. The van der Waals surface area contributed by atoms with Crippen LogP contribution in [0.15, 0.2) is 54.6 Å². The van der Waals surface area contributed by atoms with Gasteiger partial charge in [-0.25, -0.2) is 9.59 Å². The number of hydrogen-bond donors (Lipinski definition) is 0. The number of methoxy groups -OCH3 is 2. The predicted molar refractivity (Wildman–Crippen MR) is 109 cm³/mol. The zero-order valence-corrected chi connectivity index (χ0v) is 17.2. The SMILES string of the molecule is CCN(CC)C(=O)COc1ccccc1.COC(=O)c1ccccc1C(=O)OC. The highest BCUT2D eigenvalue weighted by Crippen LogP contribution is 2.11. The molecule has 0 N–H and O–H groups in total. The molecule has 29 heavy (non-hydrogen) atoms. The average molecular weight is 401 g/mol. The largest absolute Gasteiger partial charge is 0.484 e. The Morgan fingerprint density at radius 3 is 1.62 bits per heavy atom. The topological polar surface area (TPSA) is 82.1 Å². The monoisotopic (exact) mass is 401 g/mol. The molecular formula is C22H27NO6. The normalized spacial score (nSPS) is 9.52. The van der Waals surface area contributed by atoms with Crippen LogP contribution < -0.4 is 4.74 Å². The molecule has 0 aliphatic carbocycles. The zero-order chi connectivity index (χ0) is 21.6. The summed E-state index contributed by atoms with van der Waals surface area (Å²) in [5.74, 6) is -0.334. The van der Waals surface area contributed by atoms with E-state index in [9.17, 15) is 14.4 Å². The Morgan fingerprint density at radius 2 is 1.21 bits per heavy atom. The summed E-state index contributed by atoms with van der Waals surface area (Å²) in [6, 6.07) is 15.7. The van der Waals surface area contributed by atoms with E-state index >= 15 is 0 Å². The third-order valence-electron chi connectivity index (χ3n) is 3.96. The van der Waals surface area contributed by atoms with Gasteiger partial charge in [0.15, 0.2) is 6.61 Å². The van der Waals surface area contributed by atoms with Crippen LogP contribution in [0, 0.1) is 0 Å². The standard InChI is InChI=1S/C12H17NO2.C10H10O4/c1-3-13(4-2)12(14)10-15-11-8-6-5-7-9-11;1-13-9(11)7-5-3-4-6-8(7)10(12)14-2/h5-9H,3-4,10H2,1-2H3;3-6H,1-2H3. The highest BCUT2D eigenvalue weighted by atomic mass is 16.5. The molecule has 0 heterocycles. The molecule has 0 unspecified atom stereocenters. The second-order valence-corrected chi connectivity index (χ2v) is 5.70. The van der Waals surface area contributed by atoms with Crippen molar-refractivity contribution in [2.75, 3.05) is 33.9 Å². The molecule has 2 rings (SSSR count). The number of likely N-dealkylation sites (N-methyl/N-ethyl adjacent to an activating group) is 1. The molecule has 0 bridgehead atoms. The average Bonchev–Trinajstić information content (AvgIpc) is 2.78. The molecule has 156 valence electrons. The number of hydrogen-bond acceptors (Lipinski definition) is 6. The lowest BCUT2D eigenvalue weighted by Gasteiger charge is -2.18. The van der Waals surface area contributed by atoms with E-state index in [2.05, 4.69) is 9.47 Å². The Morgan fingerprint density at radius 1 is 0.759 bits per heavy atom. The van der Waals surface area contributed by atoms with Gasteiger partial charge >= 0.3 is 11.9 Å². The molecule has 7 heteroatoms. The van der Waals surface area contributed by atoms with E-state index < -0.39 is 11.9 Å². The van der Waals surface area contributed by atoms with Gasteiger partial charge in [-0.2, -0.15) is 0 Å². The molecule has 2 aromatic rings. The Labute approximate surface area is 171 Å². The van der Waals surface area contributed by atoms with Crippen LogP contribution in [0.1, 0.15) is 34.6 Å². The Kier molecular flexibility index (Phi) is 10.6. The highest BCUT2D eigenvalue weighted by molar-refractivity contribution is 6.03. The molecule has 0 saturated carbocycles. The van der Waals surface area contributed by atoms with Gasteiger partial charge in [-0.1, -0.05) is 30.3 Å². The lowest BCUT2D eigenvalue weighted by Crippen LogP contribution is -2.34. The lowest BCUT2D eigenvalue weighted by atomic mass is 10.1. The molecular weight excluding hydrogens is 374 g/mol. The summed E-state index contributed by atoms with van der Waals surface area (Å²) < 4.78 is 14.4. The van der Waals surface area contributed by atoms with Crippen LogP contribution in [-0.4, -0.2) is 56.7 Å². The number of esters is 2. The Bertz CT molecular complexity index is 752. The van der Waals surface area contributed by atoms with E-state index in [4.69, 9.17) is 4.74 Å². The quantitative estimate of drug-likeness (QED) is 0.663. The van der Waals surface area contributed by atoms with Crippen LogP contribution in [-0.2, 0) is 14.3 Å². The first-order valence-electron chi connectivity index (χ1n) is 9.19. The van der Waals surface area contributed by atoms with Crippen molar-refractivity contribution >= 4 is 17.8 Å². The Balaban J connectivity index is 0.000000291. The molecule has 1 amide bonds. The molecule has 0 atom stereocenters. The molecule has 0 fully saturated rings. The summed E-state index contributed by atoms with van der Waals surface area (Å²) >= 11 is 0. The molecule has 0 saturated heterocycles. The first kappa shape index (κ1) is 23.7. The fourth-order valence-electron chi connectivity index (χ4n) is 2.39. The van der Waals surface area contributed by atoms with Gasteiger partial charge in [-0.05, 0) is 38.1 Å². The molecule has 0 aliphatic rings. The van der Waals surface area contributed by atoms with Crippen molar-refractivity contribution in [2.24, 2.45) is 0 Å². The van der Waals surface area contributed by atoms with Crippen molar-refractivity contribution in [3.63, 3.8) is 0 Å². The third kappa shape index (κ3) is 7.65. The maximum atomic E-state index is 11.6. The summed E-state index contributed by atoms with van der Waals surface area (Å²) in [6.07, 6.45) is 0. The summed E-state index contributed by atoms with van der Waals surface area (Å²) in [7, 11) is 2.52. The first-order chi connectivity index (χ1) is 14.0. The lowest BCUT2D eigenvalue weighted by molar-refractivity contribution is -0.132. The van der Waals surface area contributed by atoms with Crippen molar-refractivity contribution in [2.45, 2.75) is 13.8 Å². The van der Waals surface area contributed by atoms with E-state index in [0.717, 1.165) is 18.8 Å². The number of benzene rings is 2. The highest BCUT2D eigenvalue weighted by Gasteiger charge is 2.16. The molecule has 0 radical (unpaired) electrons. The fourth-order valence-corrected chi connectivity index (χ4v) is 2.39. The van der Waals surface area contributed by atoms with Crippen molar-refractivity contribution < 1.29 is 28.6 Å². The number of nitrogens with zero attached hydrogens (tertiary/aromatic N) is 1. The van der Waals surface area contributed by atoms with Crippen LogP contribution in [0.5, 0.6) is 5.75 Å². The first-order valence-corrected chi connectivity index (χ1v) is 9.19. The van der Waals surface area contributed by atoms with Gasteiger partial charge in [0, 0.05) is 13.1 Å². The van der Waals surface area contributed by atoms with Gasteiger partial charge in [0.1, 0.15) is 5.75 Å². The van der Waals surface area contributed by atoms with Crippen LogP contribution in [0.4, 0.5) is 0 Å². The number of rotatable bonds is 7. The molecule has 2 aromatic carbocycles. The maximum Gasteiger partial charge on any atom is 0.338 e. The van der Waals surface area contributed by atoms with Crippen molar-refractivity contribution in [3.8, 4) is 5.75 Å². The van der Waals surface area contributed by atoms with E-state index in [1.807, 2.05) is 44.2 Å². The number of para-hydroxylation sites is 1. The number of carbonyl (C=O) groups excluding carboxylic acids is 3. The van der Waals surface area contributed by atoms with Gasteiger partial charge in [-0.15, -0.1) is 0 Å². The summed E-state index contributed by atoms with van der Waals surface area (Å²) in [5.41, 5.74) is 0.420. The van der Waals surface area contributed by atoms with E-state index in [1.165, 1.54) is 26.4 Å². The molecule has 7 nitrogen and oxygen atoms in total. The maximum absolute atomic E-state index is 11.6. The van der Waals surface area contributed by atoms with Crippen LogP contribution in [0.3, 0.4) is 0 Å². The molecule has 0 aliphatic heterocycles. The minimum atomic E-state index is -0.550. The van der Waals surface area contributed by atoms with E-state index in [-0.39, 0.29) is 23.6 Å². The predicted octanol–water partition coefficient (Wildman–Crippen LogP) is 3.19. The molecule has 0 aromatic heterocycles. The fraction of sp³-hybridized carbons (Fsp3) is 0.318. The smallest absolute Gasteiger partial charge is 0.338 e. The van der Waals surface area contributed by atoms with Crippen LogP contribution >= 0.6 is 0 Å². The minimum absolute atomic E-state index is 0.0313. The Hall–Kier alpha value is -3.35. The van der Waals surface area contributed by atoms with E-state index in [1.54, 1.807) is 17.0 Å². The number of ether oxygens (including phenoxy) is 3. The van der Waals surface area contributed by atoms with Gasteiger partial charge in [0.2, 0.25) is 0 Å². The van der Waals surface area contributed by atoms with Crippen molar-refractivity contribution in [3.05, 3.63) is 65.7 Å². The van der Waals surface area contributed by atoms with E-state index in [0.29, 0.717) is 0 Å². The van der Waals surface area contributed by atoms with Crippen molar-refractivity contribution in [1.29, 1.82) is 0 Å². The van der Waals surface area contributed by atoms with Gasteiger partial charge in [-0.3, -0.25) is 4.79 Å². The van der Waals surface area contributed by atoms with Gasteiger partial charge in [0.05, 0.1) is 25.3 Å². The number of carbonyl (C=O) groups is 3. The van der Waals surface area contributed by atoms with Crippen molar-refractivity contribution in [1.82, 2.24) is 4.90 Å². The minimum Gasteiger partial charge on any atom is -0.484 e. The molecule has 0 spiro atoms. The summed E-state index contributed by atoms with van der Waals surface area (Å²) in [5, 5.41) is 0.